The molecule has 0 aliphatic carbocycles. The Kier molecular flexibility index (Phi) is 4.10. The summed E-state index contributed by atoms with van der Waals surface area (Å²) in [5.41, 5.74) is 0. The molecule has 0 amide bonds. The second kappa shape index (κ2) is 5.78. The third-order valence-corrected chi connectivity index (χ3v) is 2.55. The molecule has 0 saturated heterocycles. The van der Waals surface area contributed by atoms with E-state index in [4.69, 9.17) is 14.0 Å². The Hall–Kier alpha value is -1.42. The van der Waals surface area contributed by atoms with E-state index in [2.05, 4.69) is 6.92 Å². The fraction of sp³-hybridized carbons (Fsp3) is 0.385. The van der Waals surface area contributed by atoms with Crippen LogP contribution in [0.15, 0.2) is 36.3 Å². The maximum absolute atomic E-state index is 5.60. The first-order valence-corrected chi connectivity index (χ1v) is 6.00. The SMILES string of the molecule is CCOC(C)C/C=C/B1Oc2ccccc2O1. The summed E-state index contributed by atoms with van der Waals surface area (Å²) in [4.78, 5) is 0. The normalized spacial score (nSPS) is 15.5. The highest BCUT2D eigenvalue weighted by molar-refractivity contribution is 6.53. The average Bonchev–Trinajstić information content (AvgIpc) is 2.71. The maximum Gasteiger partial charge on any atom is 0.624 e. The van der Waals surface area contributed by atoms with Gasteiger partial charge in [-0.05, 0) is 38.4 Å². The monoisotopic (exact) mass is 232 g/mol. The summed E-state index contributed by atoms with van der Waals surface area (Å²) in [6, 6.07) is 7.69. The molecular formula is C13H17BO3. The van der Waals surface area contributed by atoms with E-state index in [0.29, 0.717) is 0 Å². The van der Waals surface area contributed by atoms with Gasteiger partial charge in [-0.2, -0.15) is 0 Å². The van der Waals surface area contributed by atoms with Crippen LogP contribution in [0.2, 0.25) is 0 Å². The first-order chi connectivity index (χ1) is 8.29. The first-order valence-electron chi connectivity index (χ1n) is 6.00. The van der Waals surface area contributed by atoms with E-state index in [9.17, 15) is 0 Å². The van der Waals surface area contributed by atoms with Gasteiger partial charge in [0.25, 0.3) is 0 Å². The number of para-hydroxylation sites is 2. The summed E-state index contributed by atoms with van der Waals surface area (Å²) in [6.45, 7) is 4.80. The van der Waals surface area contributed by atoms with Crippen molar-refractivity contribution in [3.8, 4) is 11.5 Å². The number of benzene rings is 1. The van der Waals surface area contributed by atoms with Gasteiger partial charge >= 0.3 is 7.12 Å². The Bertz CT molecular complexity index is 367. The Balaban J connectivity index is 1.81. The summed E-state index contributed by atoms with van der Waals surface area (Å²) in [7, 11) is -0.304. The van der Waals surface area contributed by atoms with E-state index in [1.165, 1.54) is 0 Å². The number of fused-ring (bicyclic) bond motifs is 1. The molecule has 90 valence electrons. The van der Waals surface area contributed by atoms with Crippen LogP contribution in [0.25, 0.3) is 0 Å². The third kappa shape index (κ3) is 3.27. The second-order valence-electron chi connectivity index (χ2n) is 3.98. The van der Waals surface area contributed by atoms with Crippen LogP contribution < -0.4 is 9.31 Å². The lowest BCUT2D eigenvalue weighted by Crippen LogP contribution is -2.21. The molecule has 0 bridgehead atoms. The van der Waals surface area contributed by atoms with Crippen molar-refractivity contribution in [2.75, 3.05) is 6.61 Å². The van der Waals surface area contributed by atoms with Crippen LogP contribution in [0.4, 0.5) is 0 Å². The van der Waals surface area contributed by atoms with Crippen molar-refractivity contribution in [3.63, 3.8) is 0 Å². The molecule has 1 atom stereocenters. The van der Waals surface area contributed by atoms with Crippen LogP contribution in [0.3, 0.4) is 0 Å². The summed E-state index contributed by atoms with van der Waals surface area (Å²) in [5, 5.41) is 0. The molecule has 0 N–H and O–H groups in total. The summed E-state index contributed by atoms with van der Waals surface area (Å²) in [5.74, 6) is 3.54. The molecule has 0 aromatic heterocycles. The molecule has 1 aromatic carbocycles. The highest BCUT2D eigenvalue weighted by atomic mass is 16.6. The Labute approximate surface area is 103 Å². The molecule has 1 heterocycles. The molecular weight excluding hydrogens is 215 g/mol. The van der Waals surface area contributed by atoms with E-state index in [1.807, 2.05) is 43.2 Å². The number of ether oxygens (including phenoxy) is 1. The zero-order valence-electron chi connectivity index (χ0n) is 10.3. The fourth-order valence-electron chi connectivity index (χ4n) is 1.73. The second-order valence-corrected chi connectivity index (χ2v) is 3.98. The van der Waals surface area contributed by atoms with Crippen molar-refractivity contribution >= 4 is 7.12 Å². The first kappa shape index (κ1) is 12.1. The third-order valence-electron chi connectivity index (χ3n) is 2.55. The van der Waals surface area contributed by atoms with Crippen molar-refractivity contribution in [3.05, 3.63) is 36.3 Å². The van der Waals surface area contributed by atoms with Gasteiger partial charge in [-0.1, -0.05) is 18.2 Å². The fourth-order valence-corrected chi connectivity index (χ4v) is 1.73. The van der Waals surface area contributed by atoms with Crippen molar-refractivity contribution in [1.82, 2.24) is 0 Å². The van der Waals surface area contributed by atoms with Gasteiger partial charge in [0.05, 0.1) is 6.10 Å². The lowest BCUT2D eigenvalue weighted by atomic mass is 9.90. The number of hydrogen-bond acceptors (Lipinski definition) is 3. The van der Waals surface area contributed by atoms with Crippen LogP contribution in [-0.2, 0) is 4.74 Å². The number of rotatable bonds is 5. The van der Waals surface area contributed by atoms with Gasteiger partial charge in [-0.25, -0.2) is 0 Å². The minimum absolute atomic E-state index is 0.236. The zero-order chi connectivity index (χ0) is 12.1. The quantitative estimate of drug-likeness (QED) is 0.730. The summed E-state index contributed by atoms with van der Waals surface area (Å²) < 4.78 is 16.6. The number of hydrogen-bond donors (Lipinski definition) is 0. The standard InChI is InChI=1S/C13H17BO3/c1-3-15-11(2)7-6-10-14-16-12-8-4-5-9-13(12)17-14/h4-6,8-11H,3,7H2,1-2H3/b10-6+. The van der Waals surface area contributed by atoms with Gasteiger partial charge < -0.3 is 14.0 Å². The molecule has 2 rings (SSSR count). The van der Waals surface area contributed by atoms with E-state index < -0.39 is 0 Å². The van der Waals surface area contributed by atoms with Crippen LogP contribution in [0.5, 0.6) is 11.5 Å². The van der Waals surface area contributed by atoms with Crippen LogP contribution in [0.1, 0.15) is 20.3 Å². The van der Waals surface area contributed by atoms with Crippen molar-refractivity contribution in [2.24, 2.45) is 0 Å². The van der Waals surface area contributed by atoms with Crippen molar-refractivity contribution < 1.29 is 14.0 Å². The van der Waals surface area contributed by atoms with E-state index in [1.54, 1.807) is 0 Å². The van der Waals surface area contributed by atoms with Crippen molar-refractivity contribution in [2.45, 2.75) is 26.4 Å². The molecule has 3 nitrogen and oxygen atoms in total. The molecule has 1 aromatic rings. The van der Waals surface area contributed by atoms with Crippen molar-refractivity contribution in [1.29, 1.82) is 0 Å². The Morgan fingerprint density at radius 2 is 1.94 bits per heavy atom. The molecule has 1 aliphatic rings. The molecule has 1 unspecified atom stereocenters. The summed E-state index contributed by atoms with van der Waals surface area (Å²) in [6.07, 6.45) is 3.14. The molecule has 0 saturated carbocycles. The Morgan fingerprint density at radius 1 is 1.29 bits per heavy atom. The van der Waals surface area contributed by atoms with Gasteiger partial charge in [0, 0.05) is 6.61 Å². The molecule has 17 heavy (non-hydrogen) atoms. The van der Waals surface area contributed by atoms with Gasteiger partial charge in [-0.15, -0.1) is 0 Å². The van der Waals surface area contributed by atoms with Crippen LogP contribution in [0, 0.1) is 0 Å². The molecule has 0 spiro atoms. The molecule has 1 aliphatic heterocycles. The van der Waals surface area contributed by atoms with E-state index in [0.717, 1.165) is 24.5 Å². The largest absolute Gasteiger partial charge is 0.624 e. The zero-order valence-corrected chi connectivity index (χ0v) is 10.3. The predicted molar refractivity (Wildman–Crippen MR) is 68.3 cm³/mol. The smallest absolute Gasteiger partial charge is 0.520 e. The van der Waals surface area contributed by atoms with E-state index >= 15 is 0 Å². The maximum atomic E-state index is 5.60. The van der Waals surface area contributed by atoms with Gasteiger partial charge in [0.15, 0.2) is 0 Å². The predicted octanol–water partition coefficient (Wildman–Crippen LogP) is 2.86. The van der Waals surface area contributed by atoms with Gasteiger partial charge in [0.1, 0.15) is 11.5 Å². The minimum atomic E-state index is -0.304. The lowest BCUT2D eigenvalue weighted by molar-refractivity contribution is 0.0787. The average molecular weight is 232 g/mol. The van der Waals surface area contributed by atoms with E-state index in [-0.39, 0.29) is 13.2 Å². The minimum Gasteiger partial charge on any atom is -0.520 e. The topological polar surface area (TPSA) is 27.7 Å². The molecule has 0 radical (unpaired) electrons. The Morgan fingerprint density at radius 3 is 2.53 bits per heavy atom. The lowest BCUT2D eigenvalue weighted by Gasteiger charge is -2.07. The highest BCUT2D eigenvalue weighted by Gasteiger charge is 2.28. The molecule has 0 fully saturated rings. The highest BCUT2D eigenvalue weighted by Crippen LogP contribution is 2.32. The summed E-state index contributed by atoms with van der Waals surface area (Å²) >= 11 is 0. The van der Waals surface area contributed by atoms with Crippen LogP contribution in [-0.4, -0.2) is 19.8 Å². The van der Waals surface area contributed by atoms with Gasteiger partial charge in [-0.3, -0.25) is 0 Å². The van der Waals surface area contributed by atoms with Crippen LogP contribution >= 0.6 is 0 Å². The van der Waals surface area contributed by atoms with Gasteiger partial charge in [0.2, 0.25) is 0 Å². The molecule has 4 heteroatoms.